The van der Waals surface area contributed by atoms with Gasteiger partial charge >= 0.3 is 7.12 Å². The van der Waals surface area contributed by atoms with Gasteiger partial charge < -0.3 is 18.9 Å². The Labute approximate surface area is 831 Å². The van der Waals surface area contributed by atoms with Crippen molar-refractivity contribution in [1.29, 1.82) is 0 Å². The minimum atomic E-state index is -1.43. The van der Waals surface area contributed by atoms with Crippen molar-refractivity contribution < 1.29 is 39.3 Å². The molecule has 22 rings (SSSR count). The number of fused-ring (bicyclic) bond motifs is 6. The van der Waals surface area contributed by atoms with Crippen molar-refractivity contribution in [3.05, 3.63) is 559 Å². The molecule has 0 radical (unpaired) electrons. The average molecular weight is 2090 g/mol. The van der Waals surface area contributed by atoms with Crippen LogP contribution in [-0.4, -0.2) is 17.2 Å². The van der Waals surface area contributed by atoms with Crippen LogP contribution < -0.4 is 69.1 Å². The van der Waals surface area contributed by atoms with Gasteiger partial charge in [0.15, 0.2) is 0 Å². The summed E-state index contributed by atoms with van der Waals surface area (Å²) in [5.74, 6) is 0. The number of rotatable bonds is 16. The molecule has 2 N–H and O–H groups in total. The predicted molar refractivity (Wildman–Crippen MR) is 590 cm³/mol. The fraction of sp³-hybridized carbons (Fsp3) is 0.00826. The van der Waals surface area contributed by atoms with Crippen LogP contribution in [0.15, 0.2) is 568 Å². The molecule has 0 atom stereocenters. The third-order valence-electron chi connectivity index (χ3n) is 21.7. The van der Waals surface area contributed by atoms with E-state index in [1.54, 1.807) is 12.1 Å². The van der Waals surface area contributed by atoms with E-state index >= 15 is 0 Å². The van der Waals surface area contributed by atoms with Crippen molar-refractivity contribution in [1.82, 2.24) is 0 Å². The van der Waals surface area contributed by atoms with E-state index in [1.807, 2.05) is 78.9 Å². The molecule has 0 aliphatic rings. The quantitative estimate of drug-likeness (QED) is 0.0747. The Morgan fingerprint density at radius 3 is 0.619 bits per heavy atom. The van der Waals surface area contributed by atoms with Crippen LogP contribution in [0.5, 0.6) is 0 Å². The predicted octanol–water partition coefficient (Wildman–Crippen LogP) is 28.2. The first-order chi connectivity index (χ1) is 65.1. The summed E-state index contributed by atoms with van der Waals surface area (Å²) < 4.78 is 14.9. The molecule has 0 aliphatic carbocycles. The van der Waals surface area contributed by atoms with Crippen molar-refractivity contribution in [2.75, 3.05) is 0 Å². The van der Waals surface area contributed by atoms with Gasteiger partial charge in [-0.3, -0.25) is 0 Å². The summed E-state index contributed by atoms with van der Waals surface area (Å²) in [6.07, 6.45) is 0. The number of hydrogen-bond donors (Lipinski definition) is 2. The van der Waals surface area contributed by atoms with Crippen LogP contribution in [0.4, 0.5) is 0 Å². The van der Waals surface area contributed by atoms with Crippen LogP contribution in [0.3, 0.4) is 0 Å². The molecule has 13 heteroatoms. The van der Waals surface area contributed by atoms with Gasteiger partial charge in [-0.05, 0) is 201 Å². The molecule has 22 aromatic rings. The molecule has 0 bridgehead atoms. The van der Waals surface area contributed by atoms with Crippen LogP contribution >= 0.6 is 79.5 Å². The van der Waals surface area contributed by atoms with E-state index in [0.717, 1.165) is 68.4 Å². The Hall–Kier alpha value is -12.2. The molecule has 20 aromatic carbocycles. The summed E-state index contributed by atoms with van der Waals surface area (Å²) in [7, 11) is -3.21. The van der Waals surface area contributed by atoms with Crippen molar-refractivity contribution in [2.24, 2.45) is 0 Å². The van der Waals surface area contributed by atoms with E-state index in [-0.39, 0.29) is 27.8 Å². The van der Waals surface area contributed by atoms with Crippen LogP contribution in [-0.2, 0) is 20.4 Å². The molecule has 0 aliphatic heterocycles. The van der Waals surface area contributed by atoms with E-state index in [2.05, 4.69) is 503 Å². The van der Waals surface area contributed by atoms with Gasteiger partial charge in [0.1, 0.15) is 22.3 Å². The Morgan fingerprint density at radius 2 is 0.373 bits per heavy atom. The van der Waals surface area contributed by atoms with Gasteiger partial charge in [0, 0.05) is 55.4 Å². The zero-order chi connectivity index (χ0) is 90.3. The summed E-state index contributed by atoms with van der Waals surface area (Å²) in [4.78, 5) is 0. The van der Waals surface area contributed by atoms with Gasteiger partial charge in [-0.2, -0.15) is 0 Å². The molecule has 658 valence electrons. The smallest absolute Gasteiger partial charge is 0.456 e. The van der Waals surface area contributed by atoms with Gasteiger partial charge in [0.25, 0.3) is 0 Å². The summed E-state index contributed by atoms with van der Waals surface area (Å²) in [5.41, 5.74) is 10.9. The Morgan fingerprint density at radius 1 is 0.179 bits per heavy atom. The van der Waals surface area contributed by atoms with E-state index in [9.17, 15) is 10.0 Å². The van der Waals surface area contributed by atoms with E-state index in [4.69, 9.17) is 8.83 Å². The Bertz CT molecular complexity index is 6350. The molecule has 0 amide bonds. The number of furan rings is 2. The van der Waals surface area contributed by atoms with Crippen molar-refractivity contribution in [3.8, 4) is 33.4 Å². The normalized spacial score (nSPS) is 10.6. The number of hydrogen-bond acceptors (Lipinski definition) is 4. The Kier molecular flexibility index (Phi) is 37.1. The molecule has 0 unspecified atom stereocenters. The average Bonchev–Trinajstić information content (AvgIpc) is 1.59. The summed E-state index contributed by atoms with van der Waals surface area (Å²) in [6.45, 7) is 0. The zero-order valence-electron chi connectivity index (χ0n) is 72.5. The first kappa shape index (κ1) is 97.8. The van der Waals surface area contributed by atoms with Crippen LogP contribution in [0, 0.1) is 0 Å². The summed E-state index contributed by atoms with van der Waals surface area (Å²) in [6, 6.07) is 190. The molecule has 0 saturated heterocycles. The van der Waals surface area contributed by atoms with Crippen molar-refractivity contribution in [2.45, 2.75) is 7.43 Å². The standard InChI is InChI=1S/C24H15BrO.4C18H15P.C12H11BO2.C12H6Br2O.CH4.Pd/c25-18-11-12-21-22-14-17(10-13-23(22)26-24(21)15-18)20-9-5-4-8-19(20)16-6-2-1-3-7-16;4*1-4-10-16(11-5-1)19(17-12-6-2-7-13-17)18-14-8-3-9-15-18;14-13(15)12-9-5-4-8-11(12)10-6-2-1-3-7-10;13-7-1-3-9-10-4-2-8(14)6-12(10)15-11(9)5-7;;/h1-15H;4*1-15H;1-9,14-15H;1-6H;1H4;. The Balaban J connectivity index is 0.000000126. The van der Waals surface area contributed by atoms with Crippen LogP contribution in [0.2, 0.25) is 0 Å². The fourth-order valence-corrected chi connectivity index (χ4v) is 25.8. The topological polar surface area (TPSA) is 66.7 Å². The maximum atomic E-state index is 9.22. The molecular weight excluding hydrogens is 2000 g/mol. The zero-order valence-corrected chi connectivity index (χ0v) is 82.4. The minimum absolute atomic E-state index is 0. The van der Waals surface area contributed by atoms with Gasteiger partial charge in [-0.15, -0.1) is 0 Å². The number of benzene rings is 20. The number of halogens is 3. The van der Waals surface area contributed by atoms with E-state index in [0.29, 0.717) is 5.46 Å². The van der Waals surface area contributed by atoms with Gasteiger partial charge in [-0.25, -0.2) is 0 Å². The van der Waals surface area contributed by atoms with Crippen LogP contribution in [0.25, 0.3) is 77.3 Å². The molecule has 2 aromatic heterocycles. The maximum absolute atomic E-state index is 9.22. The summed E-state index contributed by atoms with van der Waals surface area (Å²) in [5, 5.41) is 39.8. The molecule has 0 spiro atoms. The fourth-order valence-electron chi connectivity index (χ4n) is 15.6. The largest absolute Gasteiger partial charge is 0.489 e. The molecule has 2 heterocycles. The van der Waals surface area contributed by atoms with E-state index in [1.165, 1.54) is 85.9 Å². The second-order valence-electron chi connectivity index (χ2n) is 30.4. The monoisotopic (exact) mass is 2090 g/mol. The second-order valence-corrected chi connectivity index (χ2v) is 42.1. The van der Waals surface area contributed by atoms with Gasteiger partial charge in [-0.1, -0.05) is 534 Å². The van der Waals surface area contributed by atoms with E-state index < -0.39 is 38.8 Å². The first-order valence-electron chi connectivity index (χ1n) is 43.5. The molecule has 4 nitrogen and oxygen atoms in total. The van der Waals surface area contributed by atoms with Gasteiger partial charge in [0.2, 0.25) is 0 Å². The van der Waals surface area contributed by atoms with Crippen molar-refractivity contribution >= 4 is 200 Å². The molecule has 134 heavy (non-hydrogen) atoms. The van der Waals surface area contributed by atoms with Crippen LogP contribution in [0.1, 0.15) is 7.43 Å². The first-order valence-corrected chi connectivity index (χ1v) is 51.2. The summed E-state index contributed by atoms with van der Waals surface area (Å²) >= 11 is 10.4. The SMILES string of the molecule is Brc1ccc2c(c1)oc1cc(Br)ccc12.Brc1ccc2c(c1)oc1ccc(-c3ccccc3-c3ccccc3)cc12.C.OB(O)c1ccccc1-c1ccccc1.[Pd].c1ccc(P(c2ccccc2)c2ccccc2)cc1.c1ccc(P(c2ccccc2)c2ccccc2)cc1.c1ccc(P(c2ccccc2)c2ccccc2)cc1.c1ccc(P(c2ccccc2)c2ccccc2)cc1. The molecule has 0 saturated carbocycles. The molecular formula is C121H96BBr3O4P4Pd. The third-order valence-corrected chi connectivity index (χ3v) is 32.9. The maximum Gasteiger partial charge on any atom is 0.489 e. The minimum Gasteiger partial charge on any atom is -0.456 e. The third kappa shape index (κ3) is 26.3. The second kappa shape index (κ2) is 50.8. The van der Waals surface area contributed by atoms with Gasteiger partial charge in [0.05, 0.1) is 0 Å². The molecule has 0 fully saturated rings. The van der Waals surface area contributed by atoms with Crippen molar-refractivity contribution in [3.63, 3.8) is 0 Å².